The lowest BCUT2D eigenvalue weighted by Crippen LogP contribution is -3.00. The van der Waals surface area contributed by atoms with Crippen LogP contribution in [-0.2, 0) is 12.7 Å². The first-order valence-corrected chi connectivity index (χ1v) is 8.20. The summed E-state index contributed by atoms with van der Waals surface area (Å²) in [6.07, 6.45) is -2.01. The number of halogens is 5. The van der Waals surface area contributed by atoms with Gasteiger partial charge in [0, 0.05) is 5.56 Å². The molecular weight excluding hydrogens is 388 g/mol. The first kappa shape index (κ1) is 22.8. The van der Waals surface area contributed by atoms with Gasteiger partial charge in [0.1, 0.15) is 11.5 Å². The van der Waals surface area contributed by atoms with E-state index in [1.54, 1.807) is 12.1 Å². The summed E-state index contributed by atoms with van der Waals surface area (Å²) >= 11 is 0. The van der Waals surface area contributed by atoms with Crippen molar-refractivity contribution in [3.63, 3.8) is 0 Å². The van der Waals surface area contributed by atoms with Crippen LogP contribution < -0.4 is 35.4 Å². The molecule has 26 heavy (non-hydrogen) atoms. The van der Waals surface area contributed by atoms with Gasteiger partial charge in [-0.05, 0) is 62.7 Å². The van der Waals surface area contributed by atoms with Crippen molar-refractivity contribution in [1.29, 1.82) is 0 Å². The van der Waals surface area contributed by atoms with Crippen LogP contribution in [0.5, 0.6) is 0 Å². The van der Waals surface area contributed by atoms with Crippen molar-refractivity contribution in [2.45, 2.75) is 25.6 Å². The third kappa shape index (κ3) is 6.20. The van der Waals surface area contributed by atoms with Gasteiger partial charge in [0.25, 0.3) is 0 Å². The molecule has 0 radical (unpaired) electrons. The van der Waals surface area contributed by atoms with E-state index in [2.05, 4.69) is 10.6 Å². The molecule has 1 saturated heterocycles. The number of piperidine rings is 1. The van der Waals surface area contributed by atoms with Gasteiger partial charge >= 0.3 is 6.18 Å². The van der Waals surface area contributed by atoms with Crippen LogP contribution in [0, 0.1) is 5.92 Å². The highest BCUT2D eigenvalue weighted by molar-refractivity contribution is 5.58. The van der Waals surface area contributed by atoms with E-state index in [0.29, 0.717) is 23.8 Å². The highest BCUT2D eigenvalue weighted by Gasteiger charge is 2.30. The van der Waals surface area contributed by atoms with Crippen LogP contribution in [0.1, 0.15) is 24.2 Å². The number of hydrogen-bond acceptors (Lipinski definition) is 3. The molecule has 2 N–H and O–H groups in total. The second-order valence-electron chi connectivity index (χ2n) is 6.17. The molecule has 8 heteroatoms. The second-order valence-corrected chi connectivity index (χ2v) is 6.17. The fourth-order valence-corrected chi connectivity index (χ4v) is 2.96. The molecule has 1 fully saturated rings. The van der Waals surface area contributed by atoms with E-state index in [1.165, 1.54) is 18.9 Å². The standard InChI is InChI=1S/C18H21F3N2O.2ClH/c19-18(20,21)15-3-1-2-14(10-15)17-5-4-16(24-17)12-23-11-13-6-8-22-9-7-13;;/h1-5,10,13,22-23H,6-9,11-12H2;2*1H/p-2. The van der Waals surface area contributed by atoms with Crippen molar-refractivity contribution < 1.29 is 42.4 Å². The molecular formula is C18H21Cl2F3N2O-2. The molecule has 0 atom stereocenters. The topological polar surface area (TPSA) is 37.2 Å². The molecule has 0 bridgehead atoms. The molecule has 1 aliphatic heterocycles. The van der Waals surface area contributed by atoms with E-state index in [1.807, 2.05) is 6.07 Å². The minimum atomic E-state index is -4.35. The van der Waals surface area contributed by atoms with Gasteiger partial charge in [-0.15, -0.1) is 0 Å². The van der Waals surface area contributed by atoms with Crippen molar-refractivity contribution in [3.05, 3.63) is 47.7 Å². The van der Waals surface area contributed by atoms with Gasteiger partial charge in [-0.1, -0.05) is 12.1 Å². The summed E-state index contributed by atoms with van der Waals surface area (Å²) in [5.74, 6) is 1.86. The summed E-state index contributed by atoms with van der Waals surface area (Å²) in [7, 11) is 0. The Morgan fingerprint density at radius 2 is 1.81 bits per heavy atom. The Labute approximate surface area is 163 Å². The summed E-state index contributed by atoms with van der Waals surface area (Å²) in [6.45, 7) is 3.64. The maximum absolute atomic E-state index is 12.8. The Bertz CT molecular complexity index is 670. The van der Waals surface area contributed by atoms with Gasteiger partial charge in [0.05, 0.1) is 12.1 Å². The lowest BCUT2D eigenvalue weighted by Gasteiger charge is -2.22. The summed E-state index contributed by atoms with van der Waals surface area (Å²) in [6, 6.07) is 8.73. The maximum atomic E-state index is 12.8. The number of rotatable bonds is 5. The molecule has 2 aromatic rings. The van der Waals surface area contributed by atoms with E-state index < -0.39 is 11.7 Å². The average Bonchev–Trinajstić information content (AvgIpc) is 3.04. The fourth-order valence-electron chi connectivity index (χ4n) is 2.96. The van der Waals surface area contributed by atoms with Gasteiger partial charge in [0.15, 0.2) is 0 Å². The van der Waals surface area contributed by atoms with Crippen LogP contribution >= 0.6 is 0 Å². The highest BCUT2D eigenvalue weighted by Crippen LogP contribution is 2.32. The SMILES string of the molecule is FC(F)(F)c1cccc(-c2ccc(CNCC3CCNCC3)o2)c1.[Cl-].[Cl-]. The largest absolute Gasteiger partial charge is 1.00 e. The van der Waals surface area contributed by atoms with Crippen molar-refractivity contribution in [1.82, 2.24) is 10.6 Å². The van der Waals surface area contributed by atoms with Crippen LogP contribution in [0.2, 0.25) is 0 Å². The first-order valence-electron chi connectivity index (χ1n) is 8.20. The predicted molar refractivity (Wildman–Crippen MR) is 86.4 cm³/mol. The van der Waals surface area contributed by atoms with Crippen molar-refractivity contribution >= 4 is 0 Å². The summed E-state index contributed by atoms with van der Waals surface area (Å²) in [5, 5.41) is 6.70. The van der Waals surface area contributed by atoms with Crippen molar-refractivity contribution in [2.75, 3.05) is 19.6 Å². The third-order valence-electron chi connectivity index (χ3n) is 4.33. The van der Waals surface area contributed by atoms with Crippen LogP contribution in [-0.4, -0.2) is 19.6 Å². The smallest absolute Gasteiger partial charge is 0.416 e. The first-order chi connectivity index (χ1) is 11.5. The van der Waals surface area contributed by atoms with Crippen LogP contribution in [0.25, 0.3) is 11.3 Å². The Balaban J connectivity index is 0.00000169. The minimum Gasteiger partial charge on any atom is -1.00 e. The van der Waals surface area contributed by atoms with Gasteiger partial charge in [-0.3, -0.25) is 0 Å². The number of hydrogen-bond donors (Lipinski definition) is 2. The molecule has 0 amide bonds. The van der Waals surface area contributed by atoms with Crippen LogP contribution in [0.15, 0.2) is 40.8 Å². The Kier molecular flexibility index (Phi) is 8.96. The fraction of sp³-hybridized carbons (Fsp3) is 0.444. The molecule has 3 rings (SSSR count). The lowest BCUT2D eigenvalue weighted by molar-refractivity contribution is -0.137. The van der Waals surface area contributed by atoms with E-state index in [-0.39, 0.29) is 24.8 Å². The van der Waals surface area contributed by atoms with Crippen molar-refractivity contribution in [2.24, 2.45) is 5.92 Å². The van der Waals surface area contributed by atoms with E-state index in [4.69, 9.17) is 4.42 Å². The van der Waals surface area contributed by atoms with Gasteiger partial charge < -0.3 is 39.9 Å². The van der Waals surface area contributed by atoms with Crippen LogP contribution in [0.4, 0.5) is 13.2 Å². The molecule has 3 nitrogen and oxygen atoms in total. The normalized spacial score (nSPS) is 15.2. The molecule has 0 spiro atoms. The number of furan rings is 1. The Morgan fingerprint density at radius 1 is 1.08 bits per heavy atom. The van der Waals surface area contributed by atoms with Crippen molar-refractivity contribution in [3.8, 4) is 11.3 Å². The summed E-state index contributed by atoms with van der Waals surface area (Å²) in [4.78, 5) is 0. The zero-order valence-electron chi connectivity index (χ0n) is 14.1. The zero-order chi connectivity index (χ0) is 17.0. The Morgan fingerprint density at radius 3 is 2.50 bits per heavy atom. The van der Waals surface area contributed by atoms with Gasteiger partial charge in [-0.2, -0.15) is 13.2 Å². The lowest BCUT2D eigenvalue weighted by atomic mass is 9.98. The quantitative estimate of drug-likeness (QED) is 0.604. The number of benzene rings is 1. The summed E-state index contributed by atoms with van der Waals surface area (Å²) in [5.41, 5.74) is -0.226. The van der Waals surface area contributed by atoms with Gasteiger partial charge in [-0.25, -0.2) is 0 Å². The van der Waals surface area contributed by atoms with E-state index in [0.717, 1.165) is 37.5 Å². The Hall–Kier alpha value is -1.21. The van der Waals surface area contributed by atoms with E-state index in [9.17, 15) is 13.2 Å². The van der Waals surface area contributed by atoms with Crippen LogP contribution in [0.3, 0.4) is 0 Å². The third-order valence-corrected chi connectivity index (χ3v) is 4.33. The molecule has 0 saturated carbocycles. The predicted octanol–water partition coefficient (Wildman–Crippen LogP) is -1.94. The molecule has 1 aromatic carbocycles. The highest BCUT2D eigenvalue weighted by atomic mass is 35.5. The maximum Gasteiger partial charge on any atom is 0.416 e. The summed E-state index contributed by atoms with van der Waals surface area (Å²) < 4.78 is 44.0. The number of nitrogens with one attached hydrogen (secondary N) is 2. The van der Waals surface area contributed by atoms with E-state index >= 15 is 0 Å². The second kappa shape index (κ2) is 10.2. The average molecular weight is 409 g/mol. The number of alkyl halides is 3. The molecule has 146 valence electrons. The zero-order valence-corrected chi connectivity index (χ0v) is 15.6. The molecule has 1 aromatic heterocycles. The molecule has 0 unspecified atom stereocenters. The van der Waals surface area contributed by atoms with Gasteiger partial charge in [0.2, 0.25) is 0 Å². The molecule has 1 aliphatic rings. The molecule has 0 aliphatic carbocycles. The monoisotopic (exact) mass is 408 g/mol. The minimum absolute atomic E-state index is 0. The molecule has 2 heterocycles.